The van der Waals surface area contributed by atoms with Crippen molar-refractivity contribution in [2.45, 2.75) is 12.8 Å². The van der Waals surface area contributed by atoms with E-state index in [2.05, 4.69) is 5.32 Å². The van der Waals surface area contributed by atoms with Crippen LogP contribution in [-0.2, 0) is 4.79 Å². The lowest BCUT2D eigenvalue weighted by Gasteiger charge is -2.16. The second-order valence-corrected chi connectivity index (χ2v) is 3.88. The molecule has 0 aliphatic carbocycles. The number of aliphatic hydroxyl groups excluding tert-OH is 1. The molecule has 0 saturated carbocycles. The lowest BCUT2D eigenvalue weighted by molar-refractivity contribution is -0.129. The molecule has 1 heterocycles. The predicted octanol–water partition coefficient (Wildman–Crippen LogP) is 0.240. The Morgan fingerprint density at radius 1 is 1.50 bits per heavy atom. The molecule has 1 rings (SSSR count). The lowest BCUT2D eigenvalue weighted by atomic mass is 10.3. The maximum atomic E-state index is 11.6. The summed E-state index contributed by atoms with van der Waals surface area (Å²) in [7, 11) is 1.67. The SMILES string of the molecule is CN(CCCO)C(=O)CCNC(=O)c1ccco1. The molecule has 1 aromatic heterocycles. The summed E-state index contributed by atoms with van der Waals surface area (Å²) in [5.74, 6) is -0.162. The molecule has 0 aliphatic rings. The van der Waals surface area contributed by atoms with Crippen LogP contribution in [-0.4, -0.2) is 48.6 Å². The number of amides is 2. The Morgan fingerprint density at radius 3 is 2.89 bits per heavy atom. The van der Waals surface area contributed by atoms with E-state index >= 15 is 0 Å². The van der Waals surface area contributed by atoms with Crippen molar-refractivity contribution in [1.29, 1.82) is 0 Å². The highest BCUT2D eigenvalue weighted by molar-refractivity contribution is 5.91. The summed E-state index contributed by atoms with van der Waals surface area (Å²) in [6.07, 6.45) is 2.21. The minimum Gasteiger partial charge on any atom is -0.459 e. The first-order chi connectivity index (χ1) is 8.65. The first kappa shape index (κ1) is 14.2. The molecule has 0 bridgehead atoms. The van der Waals surface area contributed by atoms with E-state index in [1.807, 2.05) is 0 Å². The molecule has 100 valence electrons. The van der Waals surface area contributed by atoms with E-state index in [0.717, 1.165) is 0 Å². The van der Waals surface area contributed by atoms with Crippen molar-refractivity contribution in [1.82, 2.24) is 10.2 Å². The maximum Gasteiger partial charge on any atom is 0.286 e. The van der Waals surface area contributed by atoms with Crippen LogP contribution in [0, 0.1) is 0 Å². The number of hydrogen-bond donors (Lipinski definition) is 2. The van der Waals surface area contributed by atoms with Gasteiger partial charge in [0.25, 0.3) is 5.91 Å². The van der Waals surface area contributed by atoms with Gasteiger partial charge in [-0.25, -0.2) is 0 Å². The van der Waals surface area contributed by atoms with E-state index in [4.69, 9.17) is 9.52 Å². The molecule has 0 atom stereocenters. The third-order valence-electron chi connectivity index (χ3n) is 2.45. The van der Waals surface area contributed by atoms with Crippen LogP contribution in [0.1, 0.15) is 23.4 Å². The second kappa shape index (κ2) is 7.50. The Bertz CT molecular complexity index is 375. The molecule has 2 amide bonds. The third-order valence-corrected chi connectivity index (χ3v) is 2.45. The zero-order valence-electron chi connectivity index (χ0n) is 10.4. The number of nitrogens with zero attached hydrogens (tertiary/aromatic N) is 1. The Labute approximate surface area is 106 Å². The number of aliphatic hydroxyl groups is 1. The maximum absolute atomic E-state index is 11.6. The monoisotopic (exact) mass is 254 g/mol. The second-order valence-electron chi connectivity index (χ2n) is 3.88. The quantitative estimate of drug-likeness (QED) is 0.730. The molecule has 18 heavy (non-hydrogen) atoms. The van der Waals surface area contributed by atoms with Crippen molar-refractivity contribution in [3.05, 3.63) is 24.2 Å². The summed E-state index contributed by atoms with van der Waals surface area (Å²) in [4.78, 5) is 24.6. The Kier molecular flexibility index (Phi) is 5.93. The number of rotatable bonds is 7. The van der Waals surface area contributed by atoms with Gasteiger partial charge in [-0.15, -0.1) is 0 Å². The normalized spacial score (nSPS) is 10.1. The van der Waals surface area contributed by atoms with Crippen molar-refractivity contribution in [2.24, 2.45) is 0 Å². The molecule has 0 aromatic carbocycles. The molecule has 6 heteroatoms. The molecule has 6 nitrogen and oxygen atoms in total. The average molecular weight is 254 g/mol. The largest absolute Gasteiger partial charge is 0.459 e. The van der Waals surface area contributed by atoms with Gasteiger partial charge in [0.15, 0.2) is 5.76 Å². The molecule has 0 fully saturated rings. The van der Waals surface area contributed by atoms with Gasteiger partial charge < -0.3 is 19.7 Å². The highest BCUT2D eigenvalue weighted by atomic mass is 16.3. The first-order valence-electron chi connectivity index (χ1n) is 5.81. The van der Waals surface area contributed by atoms with E-state index in [-0.39, 0.29) is 37.1 Å². The van der Waals surface area contributed by atoms with Gasteiger partial charge in [-0.2, -0.15) is 0 Å². The zero-order chi connectivity index (χ0) is 13.4. The molecular formula is C12H18N2O4. The Balaban J connectivity index is 2.21. The molecular weight excluding hydrogens is 236 g/mol. The molecule has 0 saturated heterocycles. The van der Waals surface area contributed by atoms with Crippen molar-refractivity contribution < 1.29 is 19.1 Å². The lowest BCUT2D eigenvalue weighted by Crippen LogP contribution is -2.32. The fourth-order valence-electron chi connectivity index (χ4n) is 1.40. The van der Waals surface area contributed by atoms with Gasteiger partial charge in [0.1, 0.15) is 0 Å². The van der Waals surface area contributed by atoms with Crippen LogP contribution in [0.3, 0.4) is 0 Å². The van der Waals surface area contributed by atoms with Crippen molar-refractivity contribution in [3.8, 4) is 0 Å². The number of nitrogens with one attached hydrogen (secondary N) is 1. The number of carbonyl (C=O) groups is 2. The van der Waals surface area contributed by atoms with Crippen LogP contribution in [0.25, 0.3) is 0 Å². The van der Waals surface area contributed by atoms with Crippen LogP contribution in [0.2, 0.25) is 0 Å². The van der Waals surface area contributed by atoms with Crippen molar-refractivity contribution in [3.63, 3.8) is 0 Å². The highest BCUT2D eigenvalue weighted by Crippen LogP contribution is 1.99. The van der Waals surface area contributed by atoms with Crippen LogP contribution < -0.4 is 5.32 Å². The Hall–Kier alpha value is -1.82. The summed E-state index contributed by atoms with van der Waals surface area (Å²) >= 11 is 0. The number of hydrogen-bond acceptors (Lipinski definition) is 4. The van der Waals surface area contributed by atoms with E-state index in [1.165, 1.54) is 11.2 Å². The van der Waals surface area contributed by atoms with Gasteiger partial charge in [-0.1, -0.05) is 0 Å². The average Bonchev–Trinajstić information content (AvgIpc) is 2.89. The van der Waals surface area contributed by atoms with E-state index < -0.39 is 0 Å². The van der Waals surface area contributed by atoms with Crippen LogP contribution >= 0.6 is 0 Å². The van der Waals surface area contributed by atoms with E-state index in [9.17, 15) is 9.59 Å². The standard InChI is InChI=1S/C12H18N2O4/c1-14(7-3-8-15)11(16)5-6-13-12(17)10-4-2-9-18-10/h2,4,9,15H,3,5-8H2,1H3,(H,13,17). The molecule has 2 N–H and O–H groups in total. The summed E-state index contributed by atoms with van der Waals surface area (Å²) in [5.41, 5.74) is 0. The minimum atomic E-state index is -0.328. The number of carbonyl (C=O) groups excluding carboxylic acids is 2. The first-order valence-corrected chi connectivity index (χ1v) is 5.81. The Morgan fingerprint density at radius 2 is 2.28 bits per heavy atom. The third kappa shape index (κ3) is 4.58. The van der Waals surface area contributed by atoms with Crippen LogP contribution in [0.15, 0.2) is 22.8 Å². The van der Waals surface area contributed by atoms with Crippen LogP contribution in [0.4, 0.5) is 0 Å². The number of furan rings is 1. The van der Waals surface area contributed by atoms with Gasteiger partial charge in [-0.3, -0.25) is 9.59 Å². The van der Waals surface area contributed by atoms with Gasteiger partial charge in [0, 0.05) is 33.2 Å². The highest BCUT2D eigenvalue weighted by Gasteiger charge is 2.11. The fraction of sp³-hybridized carbons (Fsp3) is 0.500. The summed E-state index contributed by atoms with van der Waals surface area (Å²) in [5, 5.41) is 11.2. The fourth-order valence-corrected chi connectivity index (χ4v) is 1.40. The van der Waals surface area contributed by atoms with Gasteiger partial charge in [0.2, 0.25) is 5.91 Å². The van der Waals surface area contributed by atoms with Gasteiger partial charge in [0.05, 0.1) is 6.26 Å². The van der Waals surface area contributed by atoms with Gasteiger partial charge in [-0.05, 0) is 18.6 Å². The molecule has 1 aromatic rings. The minimum absolute atomic E-state index is 0.0624. The molecule has 0 radical (unpaired) electrons. The molecule has 0 aliphatic heterocycles. The van der Waals surface area contributed by atoms with E-state index in [1.54, 1.807) is 19.2 Å². The van der Waals surface area contributed by atoms with Gasteiger partial charge >= 0.3 is 0 Å². The molecule has 0 spiro atoms. The topological polar surface area (TPSA) is 82.8 Å². The summed E-state index contributed by atoms with van der Waals surface area (Å²) in [6.45, 7) is 0.843. The smallest absolute Gasteiger partial charge is 0.286 e. The predicted molar refractivity (Wildman–Crippen MR) is 65.0 cm³/mol. The van der Waals surface area contributed by atoms with Crippen LogP contribution in [0.5, 0.6) is 0 Å². The van der Waals surface area contributed by atoms with Crippen molar-refractivity contribution in [2.75, 3.05) is 26.7 Å². The van der Waals surface area contributed by atoms with E-state index in [0.29, 0.717) is 13.0 Å². The molecule has 0 unspecified atom stereocenters. The summed E-state index contributed by atoms with van der Waals surface area (Å²) < 4.78 is 4.92. The van der Waals surface area contributed by atoms with Crippen molar-refractivity contribution >= 4 is 11.8 Å². The summed E-state index contributed by atoms with van der Waals surface area (Å²) in [6, 6.07) is 3.19. The zero-order valence-corrected chi connectivity index (χ0v) is 10.4.